The van der Waals surface area contributed by atoms with Crippen molar-refractivity contribution in [3.8, 4) is 0 Å². The Hall–Kier alpha value is -1.18. The summed E-state index contributed by atoms with van der Waals surface area (Å²) >= 11 is 0. The molecule has 0 aromatic carbocycles. The van der Waals surface area contributed by atoms with Crippen LogP contribution in [0.25, 0.3) is 0 Å². The van der Waals surface area contributed by atoms with E-state index in [0.29, 0.717) is 19.5 Å². The average Bonchev–Trinajstić information content (AvgIpc) is 3.23. The van der Waals surface area contributed by atoms with E-state index in [1.165, 1.54) is 18.2 Å². The van der Waals surface area contributed by atoms with Crippen LogP contribution in [-0.2, 0) is 9.59 Å². The first-order valence-electron chi connectivity index (χ1n) is 10.8. The number of aliphatic hydroxyl groups is 1. The zero-order valence-electron chi connectivity index (χ0n) is 17.7. The van der Waals surface area contributed by atoms with Crippen LogP contribution in [0.5, 0.6) is 0 Å². The summed E-state index contributed by atoms with van der Waals surface area (Å²) in [5, 5.41) is 14.5. The normalized spacial score (nSPS) is 52.4. The number of fused-ring (bicyclic) bond motifs is 7. The van der Waals surface area contributed by atoms with Crippen molar-refractivity contribution in [1.82, 2.24) is 5.32 Å². The number of Topliss-reactive ketones (excluding diaryl/α,β-unsaturated/α-hetero) is 1. The first-order valence-corrected chi connectivity index (χ1v) is 10.8. The average molecular weight is 460 g/mol. The molecule has 0 unspecified atom stereocenters. The fraction of sp³-hybridized carbons (Fsp3) is 0.739. The maximum atomic E-state index is 17.0. The van der Waals surface area contributed by atoms with Gasteiger partial charge in [0.25, 0.3) is 0 Å². The van der Waals surface area contributed by atoms with Gasteiger partial charge in [-0.25, -0.2) is 13.2 Å². The highest BCUT2D eigenvalue weighted by atomic mass is 35.5. The van der Waals surface area contributed by atoms with Gasteiger partial charge in [0.1, 0.15) is 12.8 Å². The third-order valence-corrected chi connectivity index (χ3v) is 9.69. The lowest BCUT2D eigenvalue weighted by Gasteiger charge is -2.63. The monoisotopic (exact) mass is 459 g/mol. The van der Waals surface area contributed by atoms with Crippen LogP contribution in [0, 0.1) is 34.0 Å². The van der Waals surface area contributed by atoms with E-state index in [4.69, 9.17) is 0 Å². The van der Waals surface area contributed by atoms with Crippen molar-refractivity contribution in [3.05, 3.63) is 23.8 Å². The van der Waals surface area contributed by atoms with Crippen molar-refractivity contribution in [1.29, 1.82) is 0 Å². The Morgan fingerprint density at radius 2 is 2.00 bits per heavy atom. The number of aliphatic hydroxyl groups excluding tert-OH is 1. The maximum absolute atomic E-state index is 17.0. The van der Waals surface area contributed by atoms with Gasteiger partial charge >= 0.3 is 0 Å². The number of alkyl halides is 3. The van der Waals surface area contributed by atoms with Gasteiger partial charge in [0, 0.05) is 17.9 Å². The van der Waals surface area contributed by atoms with Gasteiger partial charge in [-0.2, -0.15) is 0 Å². The minimum absolute atomic E-state index is 0. The van der Waals surface area contributed by atoms with Crippen molar-refractivity contribution < 1.29 is 27.9 Å². The van der Waals surface area contributed by atoms with Crippen LogP contribution >= 0.6 is 12.4 Å². The van der Waals surface area contributed by atoms with Gasteiger partial charge in [-0.05, 0) is 67.7 Å². The lowest BCUT2D eigenvalue weighted by atomic mass is 9.43. The highest BCUT2D eigenvalue weighted by Crippen LogP contribution is 2.73. The number of carbonyl (C=O) groups is 2. The quantitative estimate of drug-likeness (QED) is 0.666. The standard InChI is InChI=1S/C23H28F3NO3.ClH/c1-20-4-3-13(28)6-16(20)17(25)7-15-14-5-12-10-27-11-22(12,19(30)9-24)21(14,2)8-18(29)23(15,20)26;/h3-4,6,12,14-15,17-18,27,29H,5,7-11H2,1-2H3;1H/t12-,14-,15-,17-,18-,20-,21-,22+,23-;/m0./s1. The van der Waals surface area contributed by atoms with Gasteiger partial charge in [0.15, 0.2) is 17.2 Å². The third kappa shape index (κ3) is 2.41. The molecule has 0 radical (unpaired) electrons. The predicted octanol–water partition coefficient (Wildman–Crippen LogP) is 3.08. The lowest BCUT2D eigenvalue weighted by Crippen LogP contribution is -2.69. The first kappa shape index (κ1) is 23.0. The molecule has 8 heteroatoms. The summed E-state index contributed by atoms with van der Waals surface area (Å²) in [5.74, 6) is -2.20. The van der Waals surface area contributed by atoms with Crippen molar-refractivity contribution >= 4 is 24.0 Å². The van der Waals surface area contributed by atoms with Crippen LogP contribution < -0.4 is 5.32 Å². The SMILES string of the molecule is C[C@]12C=CC(=O)C=C1[C@@H](F)C[C@H]1[C@@H]3C[C@H]4CNC[C@@]4(C(=O)CF)[C@@]3(C)C[C@H](O)[C@@]12F.Cl. The highest BCUT2D eigenvalue weighted by molar-refractivity contribution is 6.01. The summed E-state index contributed by atoms with van der Waals surface area (Å²) in [4.78, 5) is 24.8. The third-order valence-electron chi connectivity index (χ3n) is 9.69. The number of halogens is 4. The van der Waals surface area contributed by atoms with E-state index < -0.39 is 52.6 Å². The maximum Gasteiger partial charge on any atom is 0.178 e. The second-order valence-corrected chi connectivity index (χ2v) is 10.5. The van der Waals surface area contributed by atoms with Gasteiger partial charge in [0.2, 0.25) is 0 Å². The van der Waals surface area contributed by atoms with Gasteiger partial charge in [-0.15, -0.1) is 12.4 Å². The van der Waals surface area contributed by atoms with E-state index in [1.54, 1.807) is 6.92 Å². The Balaban J connectivity index is 0.00000231. The molecule has 2 N–H and O–H groups in total. The molecule has 0 aromatic rings. The molecule has 5 aliphatic rings. The molecule has 1 heterocycles. The van der Waals surface area contributed by atoms with Gasteiger partial charge in [-0.3, -0.25) is 9.59 Å². The van der Waals surface area contributed by atoms with Crippen LogP contribution in [0.4, 0.5) is 13.2 Å². The van der Waals surface area contributed by atoms with Crippen LogP contribution in [0.3, 0.4) is 0 Å². The number of hydrogen-bond donors (Lipinski definition) is 2. The molecule has 0 spiro atoms. The molecule has 0 amide bonds. The summed E-state index contributed by atoms with van der Waals surface area (Å²) < 4.78 is 46.0. The van der Waals surface area contributed by atoms with Crippen LogP contribution in [-0.4, -0.2) is 54.4 Å². The molecule has 1 saturated heterocycles. The predicted molar refractivity (Wildman–Crippen MR) is 111 cm³/mol. The Labute approximate surface area is 186 Å². The molecule has 3 saturated carbocycles. The largest absolute Gasteiger partial charge is 0.390 e. The van der Waals surface area contributed by atoms with Crippen molar-refractivity contribution in [3.63, 3.8) is 0 Å². The summed E-state index contributed by atoms with van der Waals surface area (Å²) in [7, 11) is 0. The van der Waals surface area contributed by atoms with Gasteiger partial charge < -0.3 is 10.4 Å². The number of ketones is 2. The van der Waals surface area contributed by atoms with E-state index in [0.717, 1.165) is 0 Å². The molecule has 4 aliphatic carbocycles. The van der Waals surface area contributed by atoms with Crippen molar-refractivity contribution in [2.24, 2.45) is 34.0 Å². The molecule has 0 aromatic heterocycles. The molecular weight excluding hydrogens is 431 g/mol. The molecule has 9 atom stereocenters. The second kappa shape index (κ2) is 6.91. The highest BCUT2D eigenvalue weighted by Gasteiger charge is 2.77. The zero-order chi connectivity index (χ0) is 21.7. The van der Waals surface area contributed by atoms with E-state index in [-0.39, 0.29) is 48.4 Å². The van der Waals surface area contributed by atoms with E-state index in [2.05, 4.69) is 5.32 Å². The molecule has 31 heavy (non-hydrogen) atoms. The number of hydrogen-bond acceptors (Lipinski definition) is 4. The second-order valence-electron chi connectivity index (χ2n) is 10.5. The molecule has 0 bridgehead atoms. The molecule has 4 fully saturated rings. The van der Waals surface area contributed by atoms with Crippen molar-refractivity contribution in [2.45, 2.75) is 51.1 Å². The lowest BCUT2D eigenvalue weighted by molar-refractivity contribution is -0.210. The van der Waals surface area contributed by atoms with E-state index >= 15 is 8.78 Å². The van der Waals surface area contributed by atoms with Gasteiger partial charge in [0.05, 0.1) is 11.5 Å². The summed E-state index contributed by atoms with van der Waals surface area (Å²) in [6, 6.07) is 0. The van der Waals surface area contributed by atoms with Crippen LogP contribution in [0.15, 0.2) is 23.8 Å². The van der Waals surface area contributed by atoms with Crippen LogP contribution in [0.2, 0.25) is 0 Å². The van der Waals surface area contributed by atoms with E-state index in [9.17, 15) is 19.1 Å². The zero-order valence-corrected chi connectivity index (χ0v) is 18.5. The summed E-state index contributed by atoms with van der Waals surface area (Å²) in [5.41, 5.74) is -5.33. The number of allylic oxidation sites excluding steroid dienone is 4. The number of rotatable bonds is 2. The molecular formula is C23H29ClF3NO3. The molecule has 172 valence electrons. The van der Waals surface area contributed by atoms with Crippen LogP contribution in [0.1, 0.15) is 33.1 Å². The molecule has 4 nitrogen and oxygen atoms in total. The van der Waals surface area contributed by atoms with E-state index in [1.807, 2.05) is 6.92 Å². The Kier molecular flexibility index (Phi) is 5.12. The summed E-state index contributed by atoms with van der Waals surface area (Å²) in [6.45, 7) is 3.18. The van der Waals surface area contributed by atoms with Gasteiger partial charge in [-0.1, -0.05) is 13.0 Å². The molecule has 5 rings (SSSR count). The number of nitrogens with one attached hydrogen (secondary N) is 1. The topological polar surface area (TPSA) is 66.4 Å². The smallest absolute Gasteiger partial charge is 0.178 e. The Morgan fingerprint density at radius 1 is 1.29 bits per heavy atom. The first-order chi connectivity index (χ1) is 14.1. The Bertz CT molecular complexity index is 895. The number of carbonyl (C=O) groups excluding carboxylic acids is 2. The summed E-state index contributed by atoms with van der Waals surface area (Å²) in [6.07, 6.45) is 1.25. The molecule has 1 aliphatic heterocycles. The fourth-order valence-corrected chi connectivity index (χ4v) is 8.29. The minimum atomic E-state index is -2.16. The minimum Gasteiger partial charge on any atom is -0.390 e. The fourth-order valence-electron chi connectivity index (χ4n) is 8.29. The Morgan fingerprint density at radius 3 is 2.68 bits per heavy atom. The van der Waals surface area contributed by atoms with Crippen molar-refractivity contribution in [2.75, 3.05) is 19.8 Å².